The minimum Gasteiger partial charge on any atom is -0.389 e. The van der Waals surface area contributed by atoms with Gasteiger partial charge in [0.15, 0.2) is 0 Å². The van der Waals surface area contributed by atoms with Crippen LogP contribution in [0.25, 0.3) is 10.9 Å². The summed E-state index contributed by atoms with van der Waals surface area (Å²) in [5.41, 5.74) is 7.50. The number of hydrogen-bond donors (Lipinski definition) is 2. The van der Waals surface area contributed by atoms with Gasteiger partial charge in [-0.1, -0.05) is 30.4 Å². The first-order valence-corrected chi connectivity index (χ1v) is 5.56. The van der Waals surface area contributed by atoms with Crippen LogP contribution in [0.2, 0.25) is 0 Å². The first kappa shape index (κ1) is 10.8. The van der Waals surface area contributed by atoms with E-state index in [-0.39, 0.29) is 0 Å². The third kappa shape index (κ3) is 1.97. The molecule has 0 bridgehead atoms. The Bertz CT molecular complexity index is 537. The molecular weight excluding hydrogens is 218 g/mol. The molecule has 0 saturated heterocycles. The number of aromatic nitrogens is 1. The topological polar surface area (TPSA) is 50.9 Å². The van der Waals surface area contributed by atoms with Crippen molar-refractivity contribution in [2.45, 2.75) is 6.92 Å². The number of anilines is 1. The largest absolute Gasteiger partial charge is 0.389 e. The average molecular weight is 231 g/mol. The zero-order valence-corrected chi connectivity index (χ0v) is 9.84. The molecule has 1 aromatic heterocycles. The Morgan fingerprint density at radius 2 is 2.19 bits per heavy atom. The summed E-state index contributed by atoms with van der Waals surface area (Å²) >= 11 is 5.06. The summed E-state index contributed by atoms with van der Waals surface area (Å²) < 4.78 is 0. The van der Waals surface area contributed by atoms with Gasteiger partial charge in [0, 0.05) is 17.5 Å². The van der Waals surface area contributed by atoms with Crippen LogP contribution in [0.3, 0.4) is 0 Å². The van der Waals surface area contributed by atoms with E-state index < -0.39 is 0 Å². The summed E-state index contributed by atoms with van der Waals surface area (Å²) in [5.74, 6) is 0.809. The maximum absolute atomic E-state index is 5.72. The van der Waals surface area contributed by atoms with Gasteiger partial charge < -0.3 is 11.1 Å². The van der Waals surface area contributed by atoms with Crippen LogP contribution in [0.4, 0.5) is 5.82 Å². The van der Waals surface area contributed by atoms with Gasteiger partial charge in [-0.2, -0.15) is 0 Å². The fourth-order valence-corrected chi connectivity index (χ4v) is 1.82. The number of nitrogens with zero attached hydrogens (tertiary/aromatic N) is 1. The van der Waals surface area contributed by atoms with E-state index in [9.17, 15) is 0 Å². The maximum Gasteiger partial charge on any atom is 0.127 e. The van der Waals surface area contributed by atoms with Gasteiger partial charge in [0.2, 0.25) is 0 Å². The third-order valence-electron chi connectivity index (χ3n) is 2.34. The monoisotopic (exact) mass is 231 g/mol. The summed E-state index contributed by atoms with van der Waals surface area (Å²) in [6, 6.07) is 9.74. The van der Waals surface area contributed by atoms with E-state index in [1.807, 2.05) is 37.3 Å². The first-order valence-electron chi connectivity index (χ1n) is 5.16. The van der Waals surface area contributed by atoms with E-state index in [0.29, 0.717) is 4.99 Å². The molecule has 0 unspecified atom stereocenters. The fraction of sp³-hybridized carbons (Fsp3) is 0.167. The highest BCUT2D eigenvalue weighted by Gasteiger charge is 2.06. The number of nitrogens with two attached hydrogens (primary N) is 1. The van der Waals surface area contributed by atoms with Crippen molar-refractivity contribution in [1.29, 1.82) is 0 Å². The number of para-hydroxylation sites is 1. The molecular formula is C12H13N3S. The zero-order chi connectivity index (χ0) is 11.5. The number of benzene rings is 1. The van der Waals surface area contributed by atoms with Crippen LogP contribution in [-0.2, 0) is 0 Å². The van der Waals surface area contributed by atoms with Gasteiger partial charge in [0.05, 0.1) is 5.52 Å². The lowest BCUT2D eigenvalue weighted by molar-refractivity contribution is 1.17. The summed E-state index contributed by atoms with van der Waals surface area (Å²) in [5, 5.41) is 4.17. The Morgan fingerprint density at radius 1 is 1.44 bits per heavy atom. The highest BCUT2D eigenvalue weighted by atomic mass is 32.1. The molecule has 4 heteroatoms. The number of hydrogen-bond acceptors (Lipinski definition) is 3. The highest BCUT2D eigenvalue weighted by molar-refractivity contribution is 7.80. The van der Waals surface area contributed by atoms with Crippen LogP contribution in [-0.4, -0.2) is 16.5 Å². The molecule has 0 aliphatic carbocycles. The van der Waals surface area contributed by atoms with Crippen LogP contribution < -0.4 is 11.1 Å². The number of fused-ring (bicyclic) bond motifs is 1. The molecule has 0 saturated carbocycles. The molecule has 82 valence electrons. The van der Waals surface area contributed by atoms with Gasteiger partial charge in [-0.25, -0.2) is 4.98 Å². The molecule has 0 amide bonds. The van der Waals surface area contributed by atoms with Crippen LogP contribution in [0.15, 0.2) is 30.3 Å². The summed E-state index contributed by atoms with van der Waals surface area (Å²) in [4.78, 5) is 4.88. The summed E-state index contributed by atoms with van der Waals surface area (Å²) in [6.45, 7) is 2.85. The molecule has 0 aliphatic rings. The molecule has 0 spiro atoms. The van der Waals surface area contributed by atoms with Gasteiger partial charge in [0.25, 0.3) is 0 Å². The van der Waals surface area contributed by atoms with E-state index in [0.717, 1.165) is 28.8 Å². The summed E-state index contributed by atoms with van der Waals surface area (Å²) in [7, 11) is 0. The van der Waals surface area contributed by atoms with Crippen molar-refractivity contribution in [3.63, 3.8) is 0 Å². The number of rotatable bonds is 3. The first-order chi connectivity index (χ1) is 7.72. The second kappa shape index (κ2) is 4.45. The molecule has 0 atom stereocenters. The van der Waals surface area contributed by atoms with Gasteiger partial charge in [0.1, 0.15) is 10.8 Å². The van der Waals surface area contributed by atoms with Crippen molar-refractivity contribution in [3.05, 3.63) is 35.9 Å². The van der Waals surface area contributed by atoms with Crippen molar-refractivity contribution in [2.75, 3.05) is 11.9 Å². The highest BCUT2D eigenvalue weighted by Crippen LogP contribution is 2.20. The molecule has 0 fully saturated rings. The normalized spacial score (nSPS) is 10.3. The Balaban J connectivity index is 2.68. The molecule has 2 rings (SSSR count). The third-order valence-corrected chi connectivity index (χ3v) is 2.56. The smallest absolute Gasteiger partial charge is 0.127 e. The minimum absolute atomic E-state index is 0.401. The van der Waals surface area contributed by atoms with E-state index in [1.54, 1.807) is 0 Å². The van der Waals surface area contributed by atoms with Crippen LogP contribution in [0.5, 0.6) is 0 Å². The lowest BCUT2D eigenvalue weighted by atomic mass is 10.1. The Morgan fingerprint density at radius 3 is 2.88 bits per heavy atom. The van der Waals surface area contributed by atoms with Crippen molar-refractivity contribution < 1.29 is 0 Å². The second-order valence-electron chi connectivity index (χ2n) is 3.47. The van der Waals surface area contributed by atoms with Crippen molar-refractivity contribution in [2.24, 2.45) is 5.73 Å². The molecule has 3 nitrogen and oxygen atoms in total. The molecule has 0 aliphatic heterocycles. The number of nitrogens with one attached hydrogen (secondary N) is 1. The van der Waals surface area contributed by atoms with Crippen molar-refractivity contribution in [3.8, 4) is 0 Å². The lowest BCUT2D eigenvalue weighted by Crippen LogP contribution is -2.11. The van der Waals surface area contributed by atoms with Crippen molar-refractivity contribution >= 4 is 33.9 Å². The minimum atomic E-state index is 0.401. The van der Waals surface area contributed by atoms with Crippen molar-refractivity contribution in [1.82, 2.24) is 4.98 Å². The molecule has 2 aromatic rings. The van der Waals surface area contributed by atoms with Crippen LogP contribution in [0, 0.1) is 0 Å². The Kier molecular flexibility index (Phi) is 3.01. The average Bonchev–Trinajstić information content (AvgIpc) is 2.28. The number of pyridine rings is 1. The summed E-state index contributed by atoms with van der Waals surface area (Å²) in [6.07, 6.45) is 0. The Hall–Kier alpha value is -1.68. The van der Waals surface area contributed by atoms with Crippen LogP contribution in [0.1, 0.15) is 12.5 Å². The van der Waals surface area contributed by atoms with E-state index in [2.05, 4.69) is 10.3 Å². The molecule has 1 aromatic carbocycles. The molecule has 16 heavy (non-hydrogen) atoms. The zero-order valence-electron chi connectivity index (χ0n) is 9.03. The van der Waals surface area contributed by atoms with Crippen LogP contribution >= 0.6 is 12.2 Å². The quantitative estimate of drug-likeness (QED) is 0.796. The molecule has 0 radical (unpaired) electrons. The Labute approximate surface area is 99.7 Å². The van der Waals surface area contributed by atoms with Gasteiger partial charge >= 0.3 is 0 Å². The predicted octanol–water partition coefficient (Wildman–Crippen LogP) is 2.30. The van der Waals surface area contributed by atoms with E-state index in [4.69, 9.17) is 18.0 Å². The van der Waals surface area contributed by atoms with Gasteiger partial charge in [-0.15, -0.1) is 0 Å². The standard InChI is InChI=1S/C12H13N3S/c1-2-14-11-7-9(12(13)16)8-5-3-4-6-10(8)15-11/h3-7H,2H2,1H3,(H2,13,16)(H,14,15). The van der Waals surface area contributed by atoms with Gasteiger partial charge in [-0.3, -0.25) is 0 Å². The number of thiocarbonyl (C=S) groups is 1. The van der Waals surface area contributed by atoms with Gasteiger partial charge in [-0.05, 0) is 19.1 Å². The predicted molar refractivity (Wildman–Crippen MR) is 71.8 cm³/mol. The lowest BCUT2D eigenvalue weighted by Gasteiger charge is -2.08. The molecule has 3 N–H and O–H groups in total. The van der Waals surface area contributed by atoms with E-state index >= 15 is 0 Å². The second-order valence-corrected chi connectivity index (χ2v) is 3.91. The molecule has 1 heterocycles. The van der Waals surface area contributed by atoms with E-state index in [1.165, 1.54) is 0 Å². The fourth-order valence-electron chi connectivity index (χ4n) is 1.65. The maximum atomic E-state index is 5.72. The SMILES string of the molecule is CCNc1cc(C(N)=S)c2ccccc2n1.